The Bertz CT molecular complexity index is 1010. The van der Waals surface area contributed by atoms with Crippen molar-refractivity contribution < 1.29 is 18.7 Å². The normalized spacial score (nSPS) is 21.2. The highest BCUT2D eigenvalue weighted by molar-refractivity contribution is 6.42. The maximum atomic E-state index is 13.2. The van der Waals surface area contributed by atoms with Gasteiger partial charge in [0.15, 0.2) is 0 Å². The molecule has 2 aliphatic heterocycles. The monoisotopic (exact) mass is 493 g/mol. The van der Waals surface area contributed by atoms with Gasteiger partial charge in [-0.1, -0.05) is 29.3 Å². The fourth-order valence-electron chi connectivity index (χ4n) is 4.57. The van der Waals surface area contributed by atoms with Crippen molar-refractivity contribution in [1.29, 1.82) is 0 Å². The van der Waals surface area contributed by atoms with E-state index in [1.165, 1.54) is 29.2 Å². The minimum Gasteiger partial charge on any atom is -0.410 e. The van der Waals surface area contributed by atoms with Crippen LogP contribution in [0.25, 0.3) is 0 Å². The molecule has 2 aliphatic rings. The minimum atomic E-state index is -0.576. The molecular formula is C24H26Cl2FN3O3. The van der Waals surface area contributed by atoms with Crippen molar-refractivity contribution in [3.63, 3.8) is 0 Å². The van der Waals surface area contributed by atoms with Crippen LogP contribution in [0.3, 0.4) is 0 Å². The predicted molar refractivity (Wildman–Crippen MR) is 125 cm³/mol. The molecule has 9 heteroatoms. The van der Waals surface area contributed by atoms with Crippen LogP contribution in [0.4, 0.5) is 9.18 Å². The fraction of sp³-hybridized carbons (Fsp3) is 0.417. The van der Waals surface area contributed by atoms with Gasteiger partial charge in [0.25, 0.3) is 0 Å². The van der Waals surface area contributed by atoms with Crippen LogP contribution in [0.15, 0.2) is 42.5 Å². The first-order chi connectivity index (χ1) is 15.8. The number of benzene rings is 2. The van der Waals surface area contributed by atoms with Gasteiger partial charge in [-0.05, 0) is 67.9 Å². The maximum absolute atomic E-state index is 13.2. The van der Waals surface area contributed by atoms with E-state index < -0.39 is 11.9 Å². The molecule has 0 bridgehead atoms. The number of nitrogens with one attached hydrogen (secondary N) is 1. The molecule has 6 nitrogen and oxygen atoms in total. The minimum absolute atomic E-state index is 0.0177. The third-order valence-electron chi connectivity index (χ3n) is 6.47. The molecule has 1 N–H and O–H groups in total. The number of halogens is 3. The Kier molecular flexibility index (Phi) is 7.41. The van der Waals surface area contributed by atoms with Gasteiger partial charge < -0.3 is 19.9 Å². The first kappa shape index (κ1) is 23.8. The third kappa shape index (κ3) is 5.42. The molecule has 33 heavy (non-hydrogen) atoms. The topological polar surface area (TPSA) is 61.9 Å². The zero-order valence-electron chi connectivity index (χ0n) is 18.3. The zero-order valence-corrected chi connectivity index (χ0v) is 19.8. The Morgan fingerprint density at radius 1 is 1.06 bits per heavy atom. The lowest BCUT2D eigenvalue weighted by molar-refractivity contribution is -0.135. The molecule has 2 amide bonds. The van der Waals surface area contributed by atoms with E-state index in [-0.39, 0.29) is 29.5 Å². The van der Waals surface area contributed by atoms with Crippen molar-refractivity contribution in [2.24, 2.45) is 5.92 Å². The molecule has 2 atom stereocenters. The summed E-state index contributed by atoms with van der Waals surface area (Å²) in [7, 11) is 1.65. The summed E-state index contributed by atoms with van der Waals surface area (Å²) in [5, 5.41) is 4.15. The number of piperidine rings is 1. The van der Waals surface area contributed by atoms with Crippen molar-refractivity contribution in [2.75, 3.05) is 33.2 Å². The lowest BCUT2D eigenvalue weighted by Gasteiger charge is -2.29. The lowest BCUT2D eigenvalue weighted by atomic mass is 9.93. The second-order valence-corrected chi connectivity index (χ2v) is 9.36. The molecule has 176 valence electrons. The SMILES string of the molecule is CN(C(=O)Oc1ccc(F)cc1)[C@@H]1CN(C(=O)C2CCNCC2)C[C@H]1c1ccc(Cl)c(Cl)c1. The van der Waals surface area contributed by atoms with E-state index in [1.807, 2.05) is 11.0 Å². The molecule has 2 fully saturated rings. The summed E-state index contributed by atoms with van der Waals surface area (Å²) in [6, 6.07) is 10.3. The Hall–Kier alpha value is -2.35. The predicted octanol–water partition coefficient (Wildman–Crippen LogP) is 4.56. The number of nitrogens with zero attached hydrogens (tertiary/aromatic N) is 2. The van der Waals surface area contributed by atoms with E-state index in [0.29, 0.717) is 23.1 Å². The summed E-state index contributed by atoms with van der Waals surface area (Å²) in [5.41, 5.74) is 0.899. The van der Waals surface area contributed by atoms with Gasteiger partial charge in [-0.3, -0.25) is 4.79 Å². The van der Waals surface area contributed by atoms with Gasteiger partial charge >= 0.3 is 6.09 Å². The third-order valence-corrected chi connectivity index (χ3v) is 7.20. The molecule has 2 saturated heterocycles. The van der Waals surface area contributed by atoms with Crippen molar-refractivity contribution in [3.8, 4) is 5.75 Å². The smallest absolute Gasteiger partial charge is 0.410 e. The van der Waals surface area contributed by atoms with E-state index in [0.717, 1.165) is 31.5 Å². The number of likely N-dealkylation sites (tertiary alicyclic amines) is 1. The molecule has 0 unspecified atom stereocenters. The summed E-state index contributed by atoms with van der Waals surface area (Å²) in [6.45, 7) is 2.52. The Balaban J connectivity index is 1.55. The van der Waals surface area contributed by atoms with Gasteiger partial charge in [0.2, 0.25) is 5.91 Å². The molecule has 0 saturated carbocycles. The summed E-state index contributed by atoms with van der Waals surface area (Å²) < 4.78 is 18.6. The second-order valence-electron chi connectivity index (χ2n) is 8.55. The molecule has 0 radical (unpaired) electrons. The average molecular weight is 494 g/mol. The number of amides is 2. The molecule has 0 aliphatic carbocycles. The number of hydrogen-bond donors (Lipinski definition) is 1. The van der Waals surface area contributed by atoms with E-state index in [1.54, 1.807) is 19.2 Å². The average Bonchev–Trinajstić information content (AvgIpc) is 3.27. The van der Waals surface area contributed by atoms with Crippen molar-refractivity contribution >= 4 is 35.2 Å². The fourth-order valence-corrected chi connectivity index (χ4v) is 4.87. The molecule has 2 heterocycles. The highest BCUT2D eigenvalue weighted by Crippen LogP contribution is 2.35. The lowest BCUT2D eigenvalue weighted by Crippen LogP contribution is -2.44. The van der Waals surface area contributed by atoms with Crippen LogP contribution in [0.2, 0.25) is 10.0 Å². The van der Waals surface area contributed by atoms with Gasteiger partial charge in [-0.15, -0.1) is 0 Å². The number of likely N-dealkylation sites (N-methyl/N-ethyl adjacent to an activating group) is 1. The van der Waals surface area contributed by atoms with Crippen molar-refractivity contribution in [2.45, 2.75) is 24.8 Å². The van der Waals surface area contributed by atoms with Crippen LogP contribution < -0.4 is 10.1 Å². The second kappa shape index (κ2) is 10.3. The summed E-state index contributed by atoms with van der Waals surface area (Å²) in [4.78, 5) is 29.5. The Morgan fingerprint density at radius 2 is 1.76 bits per heavy atom. The number of hydrogen-bond acceptors (Lipinski definition) is 4. The molecule has 0 spiro atoms. The molecule has 2 aromatic carbocycles. The first-order valence-electron chi connectivity index (χ1n) is 11.0. The number of carbonyl (C=O) groups is 2. The van der Waals surface area contributed by atoms with Crippen LogP contribution >= 0.6 is 23.2 Å². The van der Waals surface area contributed by atoms with Crippen molar-refractivity contribution in [3.05, 3.63) is 63.9 Å². The van der Waals surface area contributed by atoms with Gasteiger partial charge in [-0.25, -0.2) is 9.18 Å². The van der Waals surface area contributed by atoms with Gasteiger partial charge in [0.05, 0.1) is 16.1 Å². The Labute approximate surface area is 202 Å². The van der Waals surface area contributed by atoms with Gasteiger partial charge in [0, 0.05) is 32.0 Å². The van der Waals surface area contributed by atoms with E-state index in [2.05, 4.69) is 5.32 Å². The maximum Gasteiger partial charge on any atom is 0.415 e. The largest absolute Gasteiger partial charge is 0.415 e. The summed E-state index contributed by atoms with van der Waals surface area (Å²) in [6.07, 6.45) is 1.03. The summed E-state index contributed by atoms with van der Waals surface area (Å²) >= 11 is 12.4. The highest BCUT2D eigenvalue weighted by atomic mass is 35.5. The Morgan fingerprint density at radius 3 is 2.42 bits per heavy atom. The molecular weight excluding hydrogens is 468 g/mol. The quantitative estimate of drug-likeness (QED) is 0.678. The van der Waals surface area contributed by atoms with Crippen LogP contribution in [0, 0.1) is 11.7 Å². The van der Waals surface area contributed by atoms with Crippen LogP contribution in [-0.2, 0) is 4.79 Å². The van der Waals surface area contributed by atoms with E-state index >= 15 is 0 Å². The number of carbonyl (C=O) groups excluding carboxylic acids is 2. The number of rotatable bonds is 4. The van der Waals surface area contributed by atoms with Crippen LogP contribution in [-0.4, -0.2) is 61.1 Å². The van der Waals surface area contributed by atoms with Crippen LogP contribution in [0.5, 0.6) is 5.75 Å². The van der Waals surface area contributed by atoms with Gasteiger partial charge in [-0.2, -0.15) is 0 Å². The first-order valence-corrected chi connectivity index (χ1v) is 11.7. The van der Waals surface area contributed by atoms with E-state index in [4.69, 9.17) is 27.9 Å². The van der Waals surface area contributed by atoms with E-state index in [9.17, 15) is 14.0 Å². The zero-order chi connectivity index (χ0) is 23.5. The molecule has 2 aromatic rings. The van der Waals surface area contributed by atoms with Crippen molar-refractivity contribution in [1.82, 2.24) is 15.1 Å². The van der Waals surface area contributed by atoms with Gasteiger partial charge in [0.1, 0.15) is 11.6 Å². The summed E-state index contributed by atoms with van der Waals surface area (Å²) in [5.74, 6) is -0.220. The number of ether oxygens (including phenoxy) is 1. The molecule has 0 aromatic heterocycles. The molecule has 4 rings (SSSR count). The highest BCUT2D eigenvalue weighted by Gasteiger charge is 2.42. The van der Waals surface area contributed by atoms with Crippen LogP contribution in [0.1, 0.15) is 24.3 Å². The standard InChI is InChI=1S/C24H26Cl2FN3O3/c1-29(24(32)33-18-5-3-17(27)4-6-18)22-14-30(23(31)15-8-10-28-11-9-15)13-19(22)16-2-7-20(25)21(26)12-16/h2-7,12,15,19,22,28H,8-11,13-14H2,1H3/t19-,22+/m0/s1.